The van der Waals surface area contributed by atoms with Crippen molar-refractivity contribution in [3.8, 4) is 16.9 Å². The van der Waals surface area contributed by atoms with Crippen molar-refractivity contribution in [2.75, 3.05) is 32.9 Å². The van der Waals surface area contributed by atoms with Crippen molar-refractivity contribution in [1.82, 2.24) is 9.21 Å². The van der Waals surface area contributed by atoms with Crippen LogP contribution >= 0.6 is 0 Å². The van der Waals surface area contributed by atoms with Crippen molar-refractivity contribution in [2.45, 2.75) is 45.0 Å². The van der Waals surface area contributed by atoms with Gasteiger partial charge in [-0.25, -0.2) is 12.7 Å². The highest BCUT2D eigenvalue weighted by Gasteiger charge is 2.43. The van der Waals surface area contributed by atoms with Gasteiger partial charge in [0.15, 0.2) is 0 Å². The van der Waals surface area contributed by atoms with Crippen LogP contribution in [0.15, 0.2) is 42.5 Å². The van der Waals surface area contributed by atoms with Crippen LogP contribution in [0.4, 0.5) is 0 Å². The quantitative estimate of drug-likeness (QED) is 0.638. The highest BCUT2D eigenvalue weighted by atomic mass is 32.2. The van der Waals surface area contributed by atoms with Crippen molar-refractivity contribution >= 4 is 15.9 Å². The maximum Gasteiger partial charge on any atom is 0.253 e. The lowest BCUT2D eigenvalue weighted by molar-refractivity contribution is -0.223. The van der Waals surface area contributed by atoms with Gasteiger partial charge in [-0.15, -0.1) is 0 Å². The molecule has 2 heterocycles. The van der Waals surface area contributed by atoms with E-state index in [-0.39, 0.29) is 11.7 Å². The second-order valence-electron chi connectivity index (χ2n) is 8.97. The first-order chi connectivity index (χ1) is 15.7. The molecule has 0 radical (unpaired) electrons. The van der Waals surface area contributed by atoms with Gasteiger partial charge in [0.2, 0.25) is 15.8 Å². The van der Waals surface area contributed by atoms with Crippen molar-refractivity contribution in [2.24, 2.45) is 0 Å². The van der Waals surface area contributed by atoms with Gasteiger partial charge < -0.3 is 14.4 Å². The Hall–Kier alpha value is -2.42. The molecule has 4 rings (SSSR count). The predicted molar refractivity (Wildman–Crippen MR) is 128 cm³/mol. The number of nitrogens with zero attached hydrogens (tertiary/aromatic N) is 2. The Labute approximate surface area is 196 Å². The van der Waals surface area contributed by atoms with Crippen molar-refractivity contribution < 1.29 is 22.7 Å². The van der Waals surface area contributed by atoms with E-state index in [2.05, 4.69) is 6.07 Å². The molecule has 7 nitrogen and oxygen atoms in total. The monoisotopic (exact) mass is 472 g/mol. The zero-order valence-corrected chi connectivity index (χ0v) is 20.4. The lowest BCUT2D eigenvalue weighted by Gasteiger charge is -2.43. The lowest BCUT2D eigenvalue weighted by Crippen LogP contribution is -2.52. The number of amides is 1. The van der Waals surface area contributed by atoms with Crippen LogP contribution in [0.2, 0.25) is 0 Å². The summed E-state index contributed by atoms with van der Waals surface area (Å²) in [6.07, 6.45) is 2.57. The minimum Gasteiger partial charge on any atom is -0.462 e. The fourth-order valence-electron chi connectivity index (χ4n) is 4.28. The van der Waals surface area contributed by atoms with Gasteiger partial charge in [-0.1, -0.05) is 31.5 Å². The van der Waals surface area contributed by atoms with E-state index in [9.17, 15) is 13.2 Å². The predicted octanol–water partition coefficient (Wildman–Crippen LogP) is 3.89. The highest BCUT2D eigenvalue weighted by molar-refractivity contribution is 7.89. The molecule has 1 amide bonds. The van der Waals surface area contributed by atoms with Gasteiger partial charge in [0, 0.05) is 51.2 Å². The molecule has 1 fully saturated rings. The summed E-state index contributed by atoms with van der Waals surface area (Å²) in [6.45, 7) is 3.24. The van der Waals surface area contributed by atoms with Gasteiger partial charge in [0.25, 0.3) is 5.91 Å². The zero-order valence-electron chi connectivity index (χ0n) is 19.5. The Morgan fingerprint density at radius 1 is 1.06 bits per heavy atom. The largest absolute Gasteiger partial charge is 0.462 e. The maximum atomic E-state index is 12.5. The smallest absolute Gasteiger partial charge is 0.253 e. The zero-order chi connectivity index (χ0) is 23.6. The summed E-state index contributed by atoms with van der Waals surface area (Å²) in [7, 11) is 0.263. The number of rotatable bonds is 6. The Morgan fingerprint density at radius 3 is 2.36 bits per heavy atom. The van der Waals surface area contributed by atoms with Crippen molar-refractivity contribution in [3.05, 3.63) is 53.6 Å². The Morgan fingerprint density at radius 2 is 1.73 bits per heavy atom. The summed E-state index contributed by atoms with van der Waals surface area (Å²) >= 11 is 0. The van der Waals surface area contributed by atoms with Crippen LogP contribution in [0.1, 0.15) is 48.5 Å². The van der Waals surface area contributed by atoms with E-state index in [1.807, 2.05) is 43.3 Å². The Kier molecular flexibility index (Phi) is 6.79. The average molecular weight is 473 g/mol. The first-order valence-corrected chi connectivity index (χ1v) is 13.1. The summed E-state index contributed by atoms with van der Waals surface area (Å²) in [5.41, 5.74) is 3.65. The number of hydrogen-bond donors (Lipinski definition) is 0. The summed E-state index contributed by atoms with van der Waals surface area (Å²) in [5.74, 6) is 0.197. The van der Waals surface area contributed by atoms with Gasteiger partial charge >= 0.3 is 0 Å². The van der Waals surface area contributed by atoms with Crippen LogP contribution in [0.25, 0.3) is 11.1 Å². The third-order valence-electron chi connectivity index (χ3n) is 6.35. The number of sulfonamides is 1. The summed E-state index contributed by atoms with van der Waals surface area (Å²) in [6, 6.07) is 13.6. The molecular formula is C25H32N2O5S. The number of hydrogen-bond acceptors (Lipinski definition) is 5. The van der Waals surface area contributed by atoms with Crippen LogP contribution in [0.3, 0.4) is 0 Å². The van der Waals surface area contributed by atoms with Crippen LogP contribution < -0.4 is 4.74 Å². The highest BCUT2D eigenvalue weighted by Crippen LogP contribution is 2.39. The first kappa shape index (κ1) is 23.7. The van der Waals surface area contributed by atoms with E-state index in [1.165, 1.54) is 0 Å². The molecule has 2 aromatic carbocycles. The third kappa shape index (κ3) is 5.08. The number of ether oxygens (including phenoxy) is 2. The minimum atomic E-state index is -3.21. The fourth-order valence-corrected chi connectivity index (χ4v) is 5.93. The third-order valence-corrected chi connectivity index (χ3v) is 8.31. The number of piperidine rings is 1. The van der Waals surface area contributed by atoms with Crippen LogP contribution in [-0.2, 0) is 21.4 Å². The van der Waals surface area contributed by atoms with E-state index < -0.39 is 15.8 Å². The van der Waals surface area contributed by atoms with Gasteiger partial charge in [-0.2, -0.15) is 0 Å². The lowest BCUT2D eigenvalue weighted by atomic mass is 9.99. The molecule has 0 aliphatic carbocycles. The fraction of sp³-hybridized carbons (Fsp3) is 0.480. The molecule has 2 aliphatic rings. The molecule has 8 heteroatoms. The number of fused-ring (bicyclic) bond motifs is 1. The number of benzene rings is 2. The van der Waals surface area contributed by atoms with E-state index in [4.69, 9.17) is 9.47 Å². The normalized spacial score (nSPS) is 17.9. The number of carbonyl (C=O) groups is 1. The van der Waals surface area contributed by atoms with Crippen LogP contribution in [0, 0.1) is 0 Å². The first-order valence-electron chi connectivity index (χ1n) is 11.5. The van der Waals surface area contributed by atoms with E-state index >= 15 is 0 Å². The van der Waals surface area contributed by atoms with Crippen LogP contribution in [-0.4, -0.2) is 62.3 Å². The standard InChI is InChI=1S/C25H32N2O5S/c1-4-5-16-33(29,30)27-14-12-25(13-15-27)31-18-22-17-21(10-11-23(22)32-25)19-6-8-20(9-7-19)24(28)26(2)3/h6-11,17H,4-5,12-16,18H2,1-3H3. The second-order valence-corrected chi connectivity index (χ2v) is 11.1. The molecule has 178 valence electrons. The number of carbonyl (C=O) groups excluding carboxylic acids is 1. The molecule has 2 aliphatic heterocycles. The van der Waals surface area contributed by atoms with Crippen molar-refractivity contribution in [3.63, 3.8) is 0 Å². The van der Waals surface area contributed by atoms with E-state index in [0.717, 1.165) is 28.9 Å². The van der Waals surface area contributed by atoms with Crippen LogP contribution in [0.5, 0.6) is 5.75 Å². The summed E-state index contributed by atoms with van der Waals surface area (Å²) < 4.78 is 39.0. The van der Waals surface area contributed by atoms with Crippen molar-refractivity contribution in [1.29, 1.82) is 0 Å². The molecule has 2 aromatic rings. The van der Waals surface area contributed by atoms with Gasteiger partial charge in [0.1, 0.15) is 5.75 Å². The number of unbranched alkanes of at least 4 members (excludes halogenated alkanes) is 1. The molecule has 0 N–H and O–H groups in total. The Bertz CT molecular complexity index is 1100. The molecular weight excluding hydrogens is 440 g/mol. The summed E-state index contributed by atoms with van der Waals surface area (Å²) in [4.78, 5) is 13.7. The SMILES string of the molecule is CCCCS(=O)(=O)N1CCC2(CC1)OCc1cc(-c3ccc(C(=O)N(C)C)cc3)ccc1O2. The minimum absolute atomic E-state index is 0.0247. The van der Waals surface area contributed by atoms with Gasteiger partial charge in [0.05, 0.1) is 12.4 Å². The van der Waals surface area contributed by atoms with E-state index in [1.54, 1.807) is 23.3 Å². The molecule has 0 atom stereocenters. The Balaban J connectivity index is 1.44. The molecule has 33 heavy (non-hydrogen) atoms. The van der Waals surface area contributed by atoms with Gasteiger partial charge in [-0.05, 0) is 41.8 Å². The molecule has 0 aromatic heterocycles. The van der Waals surface area contributed by atoms with Gasteiger partial charge in [-0.3, -0.25) is 4.79 Å². The molecule has 0 bridgehead atoms. The molecule has 1 spiro atoms. The molecule has 1 saturated heterocycles. The topological polar surface area (TPSA) is 76.2 Å². The molecule has 0 unspecified atom stereocenters. The second kappa shape index (κ2) is 9.44. The molecule has 0 saturated carbocycles. The maximum absolute atomic E-state index is 12.5. The average Bonchev–Trinajstić information content (AvgIpc) is 2.82. The summed E-state index contributed by atoms with van der Waals surface area (Å²) in [5, 5.41) is 0. The van der Waals surface area contributed by atoms with E-state index in [0.29, 0.717) is 44.5 Å².